The van der Waals surface area contributed by atoms with Gasteiger partial charge < -0.3 is 14.2 Å². The second-order valence-corrected chi connectivity index (χ2v) is 6.32. The van der Waals surface area contributed by atoms with E-state index in [1.165, 1.54) is 5.57 Å². The lowest BCUT2D eigenvalue weighted by Gasteiger charge is -2.29. The molecule has 23 heavy (non-hydrogen) atoms. The minimum absolute atomic E-state index is 0.250. The summed E-state index contributed by atoms with van der Waals surface area (Å²) in [6.45, 7) is -0.136. The number of allylic oxidation sites excluding steroid dienone is 2. The fourth-order valence-corrected chi connectivity index (χ4v) is 3.07. The highest BCUT2D eigenvalue weighted by Crippen LogP contribution is 2.30. The van der Waals surface area contributed by atoms with Crippen LogP contribution in [0, 0.1) is 11.8 Å². The zero-order valence-corrected chi connectivity index (χ0v) is 14.0. The van der Waals surface area contributed by atoms with Crippen molar-refractivity contribution in [2.45, 2.75) is 45.0 Å². The van der Waals surface area contributed by atoms with E-state index in [2.05, 4.69) is 6.08 Å². The normalized spacial score (nSPS) is 28.6. The van der Waals surface area contributed by atoms with E-state index in [1.807, 2.05) is 0 Å². The van der Waals surface area contributed by atoms with Crippen LogP contribution in [0.1, 0.15) is 38.5 Å². The zero-order valence-electron chi connectivity index (χ0n) is 13.2. The molecule has 1 unspecified atom stereocenters. The van der Waals surface area contributed by atoms with Crippen LogP contribution in [-0.2, 0) is 19.0 Å². The van der Waals surface area contributed by atoms with E-state index in [1.54, 1.807) is 0 Å². The van der Waals surface area contributed by atoms with E-state index in [-0.39, 0.29) is 6.67 Å². The highest BCUT2D eigenvalue weighted by atomic mass is 35.5. The summed E-state index contributed by atoms with van der Waals surface area (Å²) >= 11 is 5.29. The molecule has 0 radical (unpaired) electrons. The molecule has 0 aromatic heterocycles. The van der Waals surface area contributed by atoms with Crippen LogP contribution in [0.5, 0.6) is 0 Å². The van der Waals surface area contributed by atoms with Crippen molar-refractivity contribution in [1.29, 1.82) is 0 Å². The first-order chi connectivity index (χ1) is 11.2. The van der Waals surface area contributed by atoms with E-state index in [0.717, 1.165) is 43.7 Å². The predicted octanol–water partition coefficient (Wildman–Crippen LogP) is 4.10. The van der Waals surface area contributed by atoms with E-state index < -0.39 is 12.4 Å². The number of alkyl halides is 1. The van der Waals surface area contributed by atoms with Crippen LogP contribution in [0.15, 0.2) is 23.3 Å². The van der Waals surface area contributed by atoms with E-state index >= 15 is 0 Å². The molecule has 1 atom stereocenters. The van der Waals surface area contributed by atoms with Crippen molar-refractivity contribution in [3.05, 3.63) is 23.3 Å². The van der Waals surface area contributed by atoms with Gasteiger partial charge in [0, 0.05) is 17.5 Å². The van der Waals surface area contributed by atoms with Gasteiger partial charge in [-0.1, -0.05) is 23.3 Å². The third-order valence-corrected chi connectivity index (χ3v) is 4.49. The fourth-order valence-electron chi connectivity index (χ4n) is 2.97. The third-order valence-electron chi connectivity index (χ3n) is 4.36. The highest BCUT2D eigenvalue weighted by molar-refractivity contribution is 6.26. The highest BCUT2D eigenvalue weighted by Gasteiger charge is 2.25. The molecule has 0 N–H and O–H groups in total. The molecule has 6 heteroatoms. The molecular weight excluding hydrogens is 323 g/mol. The molecule has 4 nitrogen and oxygen atoms in total. The second-order valence-electron chi connectivity index (χ2n) is 6.07. The van der Waals surface area contributed by atoms with Gasteiger partial charge in [-0.2, -0.15) is 0 Å². The lowest BCUT2D eigenvalue weighted by molar-refractivity contribution is -0.307. The Morgan fingerprint density at radius 2 is 2.09 bits per heavy atom. The molecule has 0 saturated carbocycles. The van der Waals surface area contributed by atoms with Gasteiger partial charge in [-0.15, -0.1) is 0 Å². The van der Waals surface area contributed by atoms with Gasteiger partial charge in [-0.3, -0.25) is 4.39 Å². The average Bonchev–Trinajstić information content (AvgIpc) is 2.56. The summed E-state index contributed by atoms with van der Waals surface area (Å²) in [7, 11) is 0. The van der Waals surface area contributed by atoms with Crippen molar-refractivity contribution in [2.75, 3.05) is 19.9 Å². The number of hydrogen-bond acceptors (Lipinski definition) is 4. The Balaban J connectivity index is 1.61. The molecule has 0 bridgehead atoms. The molecule has 0 aromatic rings. The Kier molecular flexibility index (Phi) is 8.06. The average molecular weight is 347 g/mol. The molecule has 1 aliphatic heterocycles. The van der Waals surface area contributed by atoms with Gasteiger partial charge in [-0.05, 0) is 44.4 Å². The van der Waals surface area contributed by atoms with E-state index in [0.29, 0.717) is 31.5 Å². The largest absolute Gasteiger partial charge is 0.407 e. The minimum atomic E-state index is -0.938. The number of hydrogen-bond donors (Lipinski definition) is 0. The summed E-state index contributed by atoms with van der Waals surface area (Å²) in [6.07, 6.45) is 9.28. The Morgan fingerprint density at radius 1 is 1.35 bits per heavy atom. The van der Waals surface area contributed by atoms with Gasteiger partial charge >= 0.3 is 12.4 Å². The zero-order chi connectivity index (χ0) is 16.5. The molecule has 130 valence electrons. The summed E-state index contributed by atoms with van der Waals surface area (Å²) in [5.41, 5.74) is 2.36. The number of ether oxygens (including phenoxy) is 3. The Morgan fingerprint density at radius 3 is 2.70 bits per heavy atom. The smallest absolute Gasteiger partial charge is 0.335 e. The Labute approximate surface area is 141 Å². The van der Waals surface area contributed by atoms with Gasteiger partial charge in [-0.25, -0.2) is 4.79 Å². The van der Waals surface area contributed by atoms with Gasteiger partial charge in [0.2, 0.25) is 0 Å². The molecule has 0 aromatic carbocycles. The van der Waals surface area contributed by atoms with Crippen molar-refractivity contribution >= 4 is 17.6 Å². The number of esters is 1. The predicted molar refractivity (Wildman–Crippen MR) is 85.5 cm³/mol. The van der Waals surface area contributed by atoms with Crippen LogP contribution >= 0.6 is 11.6 Å². The third kappa shape index (κ3) is 6.61. The van der Waals surface area contributed by atoms with Crippen LogP contribution in [0.25, 0.3) is 0 Å². The SMILES string of the molecule is O=C(/C=C/Cl)OC1OCC(CCC2CC=C(CCF)CC2)CO1. The van der Waals surface area contributed by atoms with Gasteiger partial charge in [0.25, 0.3) is 0 Å². The standard InChI is InChI=1S/C17H24ClFO4/c18-9-7-16(20)23-17-21-11-15(12-22-17)6-5-13-1-3-14(4-2-13)8-10-19/h3,7,9,13,15,17H,1-2,4-6,8,10-12H2/b9-7+. The maximum Gasteiger partial charge on any atom is 0.335 e. The molecule has 2 rings (SSSR count). The number of carbonyl (C=O) groups excluding carboxylic acids is 1. The van der Waals surface area contributed by atoms with Crippen molar-refractivity contribution in [3.63, 3.8) is 0 Å². The molecule has 1 fully saturated rings. The fraction of sp³-hybridized carbons (Fsp3) is 0.706. The van der Waals surface area contributed by atoms with Crippen LogP contribution in [0.4, 0.5) is 4.39 Å². The van der Waals surface area contributed by atoms with Crippen molar-refractivity contribution in [2.24, 2.45) is 11.8 Å². The maximum absolute atomic E-state index is 12.3. The van der Waals surface area contributed by atoms with E-state index in [4.69, 9.17) is 25.8 Å². The molecule has 2 aliphatic rings. The lowest BCUT2D eigenvalue weighted by atomic mass is 9.84. The van der Waals surface area contributed by atoms with Gasteiger partial charge in [0.1, 0.15) is 0 Å². The molecule has 1 saturated heterocycles. The maximum atomic E-state index is 12.3. The number of carbonyl (C=O) groups is 1. The molecule has 1 aliphatic carbocycles. The summed E-state index contributed by atoms with van der Waals surface area (Å²) in [4.78, 5) is 11.2. The van der Waals surface area contributed by atoms with Crippen molar-refractivity contribution < 1.29 is 23.4 Å². The van der Waals surface area contributed by atoms with Crippen molar-refractivity contribution in [3.8, 4) is 0 Å². The minimum Gasteiger partial charge on any atom is -0.407 e. The molecule has 0 amide bonds. The monoisotopic (exact) mass is 346 g/mol. The summed E-state index contributed by atoms with van der Waals surface area (Å²) in [6, 6.07) is 0. The van der Waals surface area contributed by atoms with E-state index in [9.17, 15) is 9.18 Å². The number of rotatable bonds is 7. The first-order valence-corrected chi connectivity index (χ1v) is 8.59. The second kappa shape index (κ2) is 10.1. The number of halogens is 2. The van der Waals surface area contributed by atoms with Gasteiger partial charge in [0.15, 0.2) is 0 Å². The van der Waals surface area contributed by atoms with Gasteiger partial charge in [0.05, 0.1) is 19.9 Å². The summed E-state index contributed by atoms with van der Waals surface area (Å²) in [5, 5.41) is 0. The van der Waals surface area contributed by atoms with Crippen LogP contribution in [0.3, 0.4) is 0 Å². The quantitative estimate of drug-likeness (QED) is 0.395. The summed E-state index contributed by atoms with van der Waals surface area (Å²) in [5.74, 6) is 0.411. The molecule has 0 spiro atoms. The lowest BCUT2D eigenvalue weighted by Crippen LogP contribution is -2.35. The van der Waals surface area contributed by atoms with Crippen molar-refractivity contribution in [1.82, 2.24) is 0 Å². The first-order valence-electron chi connectivity index (χ1n) is 8.15. The van der Waals surface area contributed by atoms with Crippen LogP contribution < -0.4 is 0 Å². The molecule has 1 heterocycles. The van der Waals surface area contributed by atoms with Crippen LogP contribution in [0.2, 0.25) is 0 Å². The Hall–Kier alpha value is -0.910. The Bertz CT molecular complexity index is 430. The first kappa shape index (κ1) is 18.4. The topological polar surface area (TPSA) is 44.8 Å². The summed E-state index contributed by atoms with van der Waals surface area (Å²) < 4.78 is 28.0. The molecular formula is C17H24ClFO4. The van der Waals surface area contributed by atoms with Crippen LogP contribution in [-0.4, -0.2) is 32.3 Å².